The molecule has 0 spiro atoms. The maximum absolute atomic E-state index is 12.5. The minimum absolute atomic E-state index is 0.0245. The van der Waals surface area contributed by atoms with E-state index in [1.165, 1.54) is 4.90 Å². The predicted molar refractivity (Wildman–Crippen MR) is 87.3 cm³/mol. The number of amides is 2. The zero-order chi connectivity index (χ0) is 16.0. The van der Waals surface area contributed by atoms with Gasteiger partial charge in [0.15, 0.2) is 0 Å². The lowest BCUT2D eigenvalue weighted by molar-refractivity contribution is -0.131. The van der Waals surface area contributed by atoms with Gasteiger partial charge in [0.1, 0.15) is 5.69 Å². The number of hydrogen-bond acceptors (Lipinski definition) is 2. The highest BCUT2D eigenvalue weighted by Crippen LogP contribution is 2.17. The van der Waals surface area contributed by atoms with E-state index in [4.69, 9.17) is 0 Å². The van der Waals surface area contributed by atoms with Gasteiger partial charge in [-0.25, -0.2) is 0 Å². The first-order valence-electron chi connectivity index (χ1n) is 7.33. The smallest absolute Gasteiger partial charge is 0.270 e. The van der Waals surface area contributed by atoms with Gasteiger partial charge in [-0.05, 0) is 42.3 Å². The maximum Gasteiger partial charge on any atom is 0.270 e. The minimum Gasteiger partial charge on any atom is -0.342 e. The molecule has 2 amide bonds. The van der Waals surface area contributed by atoms with Crippen molar-refractivity contribution in [1.29, 1.82) is 0 Å². The van der Waals surface area contributed by atoms with E-state index < -0.39 is 0 Å². The first kappa shape index (κ1) is 17.8. The van der Waals surface area contributed by atoms with Crippen LogP contribution in [0.2, 0.25) is 0 Å². The minimum atomic E-state index is -0.130. The molecule has 0 saturated heterocycles. The average molecular weight is 358 g/mol. The van der Waals surface area contributed by atoms with E-state index in [9.17, 15) is 9.59 Å². The summed E-state index contributed by atoms with van der Waals surface area (Å²) in [5.41, 5.74) is 0.610. The lowest BCUT2D eigenvalue weighted by Gasteiger charge is -2.23. The number of aryl methyl sites for hydroxylation is 1. The highest BCUT2D eigenvalue weighted by Gasteiger charge is 2.20. The molecule has 0 saturated carbocycles. The standard InChI is InChI=1S/C15H24BrN3O2/c1-5-8-19-10-12(16)9-13(19)15(21)17(4)11-14(20)18(6-2)7-3/h9-10H,5-8,11H2,1-4H3. The Bertz CT molecular complexity index is 495. The topological polar surface area (TPSA) is 45.6 Å². The fourth-order valence-corrected chi connectivity index (χ4v) is 2.69. The van der Waals surface area contributed by atoms with Gasteiger partial charge in [-0.1, -0.05) is 6.92 Å². The van der Waals surface area contributed by atoms with E-state index in [0.717, 1.165) is 17.4 Å². The van der Waals surface area contributed by atoms with Crippen LogP contribution in [0.4, 0.5) is 0 Å². The Labute approximate surface area is 135 Å². The summed E-state index contributed by atoms with van der Waals surface area (Å²) in [5.74, 6) is -0.154. The van der Waals surface area contributed by atoms with E-state index in [1.807, 2.05) is 24.6 Å². The second-order valence-electron chi connectivity index (χ2n) is 4.96. The molecule has 0 unspecified atom stereocenters. The lowest BCUT2D eigenvalue weighted by Crippen LogP contribution is -2.41. The third-order valence-electron chi connectivity index (χ3n) is 3.38. The summed E-state index contributed by atoms with van der Waals surface area (Å²) in [6.45, 7) is 8.15. The average Bonchev–Trinajstić information content (AvgIpc) is 2.80. The number of hydrogen-bond donors (Lipinski definition) is 0. The highest BCUT2D eigenvalue weighted by atomic mass is 79.9. The van der Waals surface area contributed by atoms with Gasteiger partial charge in [-0.15, -0.1) is 0 Å². The molecule has 0 N–H and O–H groups in total. The molecular formula is C15H24BrN3O2. The van der Waals surface area contributed by atoms with Crippen molar-refractivity contribution in [2.24, 2.45) is 0 Å². The van der Waals surface area contributed by atoms with Crippen LogP contribution in [0, 0.1) is 0 Å². The number of carbonyl (C=O) groups excluding carboxylic acids is 2. The van der Waals surface area contributed by atoms with Crippen molar-refractivity contribution in [1.82, 2.24) is 14.4 Å². The third-order valence-corrected chi connectivity index (χ3v) is 3.82. The monoisotopic (exact) mass is 357 g/mol. The second kappa shape index (κ2) is 8.22. The number of carbonyl (C=O) groups is 2. The third kappa shape index (κ3) is 4.59. The number of rotatable bonds is 7. The van der Waals surface area contributed by atoms with E-state index in [2.05, 4.69) is 22.9 Å². The van der Waals surface area contributed by atoms with Crippen molar-refractivity contribution in [3.63, 3.8) is 0 Å². The molecule has 1 aromatic rings. The van der Waals surface area contributed by atoms with Crippen LogP contribution in [-0.2, 0) is 11.3 Å². The fourth-order valence-electron chi connectivity index (χ4n) is 2.23. The van der Waals surface area contributed by atoms with Crippen LogP contribution in [0.25, 0.3) is 0 Å². The molecule has 21 heavy (non-hydrogen) atoms. The second-order valence-corrected chi connectivity index (χ2v) is 5.88. The van der Waals surface area contributed by atoms with E-state index >= 15 is 0 Å². The van der Waals surface area contributed by atoms with Crippen LogP contribution in [0.3, 0.4) is 0 Å². The van der Waals surface area contributed by atoms with Gasteiger partial charge in [-0.3, -0.25) is 9.59 Å². The molecule has 0 aliphatic carbocycles. The SMILES string of the molecule is CCCn1cc(Br)cc1C(=O)N(C)CC(=O)N(CC)CC. The zero-order valence-electron chi connectivity index (χ0n) is 13.2. The van der Waals surface area contributed by atoms with Gasteiger partial charge < -0.3 is 14.4 Å². The van der Waals surface area contributed by atoms with Crippen LogP contribution in [0.15, 0.2) is 16.7 Å². The molecule has 0 aliphatic rings. The Balaban J connectivity index is 2.81. The van der Waals surface area contributed by atoms with Crippen molar-refractivity contribution in [3.05, 3.63) is 22.4 Å². The van der Waals surface area contributed by atoms with Gasteiger partial charge in [0.2, 0.25) is 5.91 Å². The maximum atomic E-state index is 12.5. The Hall–Kier alpha value is -1.30. The molecule has 0 aromatic carbocycles. The molecule has 0 radical (unpaired) electrons. The lowest BCUT2D eigenvalue weighted by atomic mass is 10.3. The molecule has 1 heterocycles. The van der Waals surface area contributed by atoms with Gasteiger partial charge in [-0.2, -0.15) is 0 Å². The Morgan fingerprint density at radius 2 is 1.86 bits per heavy atom. The van der Waals surface area contributed by atoms with Gasteiger partial charge in [0.25, 0.3) is 5.91 Å². The summed E-state index contributed by atoms with van der Waals surface area (Å²) in [7, 11) is 1.67. The quantitative estimate of drug-likeness (QED) is 0.752. The van der Waals surface area contributed by atoms with Crippen molar-refractivity contribution in [2.45, 2.75) is 33.7 Å². The fraction of sp³-hybridized carbons (Fsp3) is 0.600. The number of likely N-dealkylation sites (N-methyl/N-ethyl adjacent to an activating group) is 2. The van der Waals surface area contributed by atoms with E-state index in [-0.39, 0.29) is 18.4 Å². The first-order valence-corrected chi connectivity index (χ1v) is 8.12. The number of halogens is 1. The van der Waals surface area contributed by atoms with Crippen LogP contribution in [-0.4, -0.2) is 52.9 Å². The van der Waals surface area contributed by atoms with Crippen molar-refractivity contribution in [3.8, 4) is 0 Å². The summed E-state index contributed by atoms with van der Waals surface area (Å²) in [6, 6.07) is 1.80. The highest BCUT2D eigenvalue weighted by molar-refractivity contribution is 9.10. The predicted octanol–water partition coefficient (Wildman–Crippen LogP) is 2.60. The van der Waals surface area contributed by atoms with Crippen molar-refractivity contribution in [2.75, 3.05) is 26.7 Å². The molecule has 0 aliphatic heterocycles. The zero-order valence-corrected chi connectivity index (χ0v) is 14.8. The largest absolute Gasteiger partial charge is 0.342 e. The normalized spacial score (nSPS) is 10.5. The molecule has 5 nitrogen and oxygen atoms in total. The molecule has 1 aromatic heterocycles. The molecule has 0 fully saturated rings. The summed E-state index contributed by atoms with van der Waals surface area (Å²) >= 11 is 3.40. The van der Waals surface area contributed by atoms with E-state index in [1.54, 1.807) is 18.0 Å². The van der Waals surface area contributed by atoms with Crippen molar-refractivity contribution < 1.29 is 9.59 Å². The van der Waals surface area contributed by atoms with E-state index in [0.29, 0.717) is 18.8 Å². The first-order chi connectivity index (χ1) is 9.94. The summed E-state index contributed by atoms with van der Waals surface area (Å²) in [5, 5.41) is 0. The Morgan fingerprint density at radius 1 is 1.24 bits per heavy atom. The van der Waals surface area contributed by atoms with Crippen molar-refractivity contribution >= 4 is 27.7 Å². The van der Waals surface area contributed by atoms with Crippen LogP contribution in [0.5, 0.6) is 0 Å². The number of aromatic nitrogens is 1. The van der Waals surface area contributed by atoms with Gasteiger partial charge in [0.05, 0.1) is 6.54 Å². The Morgan fingerprint density at radius 3 is 2.38 bits per heavy atom. The van der Waals surface area contributed by atoms with Gasteiger partial charge in [0, 0.05) is 37.4 Å². The molecule has 0 atom stereocenters. The Kier molecular flexibility index (Phi) is 6.95. The molecular weight excluding hydrogens is 334 g/mol. The summed E-state index contributed by atoms with van der Waals surface area (Å²) < 4.78 is 2.80. The number of nitrogens with zero attached hydrogens (tertiary/aromatic N) is 3. The molecule has 6 heteroatoms. The summed E-state index contributed by atoms with van der Waals surface area (Å²) in [6.07, 6.45) is 2.85. The van der Waals surface area contributed by atoms with Crippen LogP contribution in [0.1, 0.15) is 37.7 Å². The molecule has 118 valence electrons. The molecule has 0 bridgehead atoms. The van der Waals surface area contributed by atoms with Crippen LogP contribution < -0.4 is 0 Å². The van der Waals surface area contributed by atoms with Gasteiger partial charge >= 0.3 is 0 Å². The summed E-state index contributed by atoms with van der Waals surface area (Å²) in [4.78, 5) is 27.8. The molecule has 1 rings (SSSR count). The van der Waals surface area contributed by atoms with Crippen LogP contribution >= 0.6 is 15.9 Å².